The molecular formula is C14H17N3O2. The van der Waals surface area contributed by atoms with E-state index in [9.17, 15) is 0 Å². The van der Waals surface area contributed by atoms with Crippen LogP contribution in [0.5, 0.6) is 11.6 Å². The molecule has 0 aliphatic carbocycles. The minimum atomic E-state index is 0.362. The zero-order chi connectivity index (χ0) is 13.7. The van der Waals surface area contributed by atoms with E-state index in [1.807, 2.05) is 43.3 Å². The van der Waals surface area contributed by atoms with Crippen molar-refractivity contribution in [3.05, 3.63) is 42.4 Å². The van der Waals surface area contributed by atoms with E-state index in [0.29, 0.717) is 12.5 Å². The first kappa shape index (κ1) is 13.1. The molecule has 0 aliphatic rings. The molecule has 0 radical (unpaired) electrons. The Morgan fingerprint density at radius 3 is 2.79 bits per heavy atom. The van der Waals surface area contributed by atoms with Crippen LogP contribution in [0.15, 0.2) is 36.7 Å². The number of rotatable bonds is 5. The lowest BCUT2D eigenvalue weighted by Crippen LogP contribution is -2.08. The molecule has 0 aliphatic heterocycles. The molecule has 100 valence electrons. The number of hydrogen-bond donors (Lipinski definition) is 0. The average molecular weight is 259 g/mol. The van der Waals surface area contributed by atoms with Crippen LogP contribution in [0.4, 0.5) is 5.69 Å². The van der Waals surface area contributed by atoms with Gasteiger partial charge >= 0.3 is 0 Å². The van der Waals surface area contributed by atoms with Crippen LogP contribution in [0.3, 0.4) is 0 Å². The summed E-state index contributed by atoms with van der Waals surface area (Å²) in [7, 11) is 5.55. The third-order valence-electron chi connectivity index (χ3n) is 2.59. The van der Waals surface area contributed by atoms with Gasteiger partial charge in [0, 0.05) is 25.8 Å². The van der Waals surface area contributed by atoms with Crippen LogP contribution in [0.1, 0.15) is 5.69 Å². The van der Waals surface area contributed by atoms with Crippen molar-refractivity contribution in [2.75, 3.05) is 26.1 Å². The fraction of sp³-hybridized carbons (Fsp3) is 0.286. The lowest BCUT2D eigenvalue weighted by atomic mass is 10.3. The maximum Gasteiger partial charge on any atom is 0.232 e. The molecule has 0 fully saturated rings. The fourth-order valence-electron chi connectivity index (χ4n) is 1.56. The fourth-order valence-corrected chi connectivity index (χ4v) is 1.56. The summed E-state index contributed by atoms with van der Waals surface area (Å²) in [6.07, 6.45) is 3.23. The second-order valence-electron chi connectivity index (χ2n) is 4.23. The first-order chi connectivity index (χ1) is 9.19. The molecule has 0 amide bonds. The monoisotopic (exact) mass is 259 g/mol. The first-order valence-corrected chi connectivity index (χ1v) is 5.94. The normalized spacial score (nSPS) is 10.1. The Morgan fingerprint density at radius 1 is 1.21 bits per heavy atom. The Labute approximate surface area is 112 Å². The predicted octanol–water partition coefficient (Wildman–Crippen LogP) is 2.13. The summed E-state index contributed by atoms with van der Waals surface area (Å²) in [6.45, 7) is 0.362. The summed E-state index contributed by atoms with van der Waals surface area (Å²) in [5.74, 6) is 1.29. The lowest BCUT2D eigenvalue weighted by molar-refractivity contribution is 0.297. The van der Waals surface area contributed by atoms with Crippen molar-refractivity contribution in [2.45, 2.75) is 6.61 Å². The van der Waals surface area contributed by atoms with Gasteiger partial charge in [-0.25, -0.2) is 4.98 Å². The molecule has 1 aromatic heterocycles. The van der Waals surface area contributed by atoms with E-state index in [1.165, 1.54) is 0 Å². The molecule has 1 heterocycles. The smallest absolute Gasteiger partial charge is 0.232 e. The quantitative estimate of drug-likeness (QED) is 0.823. The molecule has 0 unspecified atom stereocenters. The van der Waals surface area contributed by atoms with Crippen LogP contribution < -0.4 is 14.4 Å². The van der Waals surface area contributed by atoms with Crippen molar-refractivity contribution in [1.29, 1.82) is 0 Å². The van der Waals surface area contributed by atoms with E-state index >= 15 is 0 Å². The van der Waals surface area contributed by atoms with Crippen LogP contribution in [0.2, 0.25) is 0 Å². The Morgan fingerprint density at radius 2 is 2.05 bits per heavy atom. The number of benzene rings is 1. The number of ether oxygens (including phenoxy) is 2. The summed E-state index contributed by atoms with van der Waals surface area (Å²) >= 11 is 0. The van der Waals surface area contributed by atoms with Crippen LogP contribution >= 0.6 is 0 Å². The largest absolute Gasteiger partial charge is 0.487 e. The van der Waals surface area contributed by atoms with E-state index in [0.717, 1.165) is 17.1 Å². The maximum absolute atomic E-state index is 5.70. The van der Waals surface area contributed by atoms with Gasteiger partial charge in [-0.3, -0.25) is 4.98 Å². The topological polar surface area (TPSA) is 47.5 Å². The van der Waals surface area contributed by atoms with Crippen molar-refractivity contribution < 1.29 is 9.47 Å². The van der Waals surface area contributed by atoms with Crippen molar-refractivity contribution >= 4 is 5.69 Å². The Balaban J connectivity index is 2.03. The lowest BCUT2D eigenvalue weighted by Gasteiger charge is -2.14. The van der Waals surface area contributed by atoms with E-state index in [4.69, 9.17) is 9.47 Å². The van der Waals surface area contributed by atoms with Crippen molar-refractivity contribution in [3.8, 4) is 11.6 Å². The molecule has 0 bridgehead atoms. The van der Waals surface area contributed by atoms with Gasteiger partial charge in [-0.05, 0) is 12.1 Å². The maximum atomic E-state index is 5.70. The molecule has 5 nitrogen and oxygen atoms in total. The standard InChI is InChI=1S/C14H17N3O2/c1-17(2)12-5-4-6-13(7-12)19-10-11-8-15-9-14(16-11)18-3/h4-9H,10H2,1-3H3. The third-order valence-corrected chi connectivity index (χ3v) is 2.59. The van der Waals surface area contributed by atoms with Gasteiger partial charge in [0.05, 0.1) is 19.5 Å². The number of aromatic nitrogens is 2. The van der Waals surface area contributed by atoms with Crippen molar-refractivity contribution in [1.82, 2.24) is 9.97 Å². The Hall–Kier alpha value is -2.30. The summed E-state index contributed by atoms with van der Waals surface area (Å²) in [5.41, 5.74) is 1.82. The van der Waals surface area contributed by atoms with Crippen LogP contribution in [-0.4, -0.2) is 31.2 Å². The van der Waals surface area contributed by atoms with Crippen LogP contribution in [0, 0.1) is 0 Å². The minimum absolute atomic E-state index is 0.362. The molecular weight excluding hydrogens is 242 g/mol. The molecule has 19 heavy (non-hydrogen) atoms. The highest BCUT2D eigenvalue weighted by molar-refractivity contribution is 5.49. The SMILES string of the molecule is COc1cncc(COc2cccc(N(C)C)c2)n1. The zero-order valence-electron chi connectivity index (χ0n) is 11.3. The summed E-state index contributed by atoms with van der Waals surface area (Å²) < 4.78 is 10.7. The van der Waals surface area contributed by atoms with Gasteiger partial charge < -0.3 is 14.4 Å². The van der Waals surface area contributed by atoms with Gasteiger partial charge in [-0.2, -0.15) is 0 Å². The molecule has 0 saturated heterocycles. The molecule has 0 atom stereocenters. The van der Waals surface area contributed by atoms with Gasteiger partial charge in [0.15, 0.2) is 0 Å². The van der Waals surface area contributed by atoms with Crippen LogP contribution in [0.25, 0.3) is 0 Å². The van der Waals surface area contributed by atoms with E-state index in [2.05, 4.69) is 9.97 Å². The molecule has 2 aromatic rings. The highest BCUT2D eigenvalue weighted by atomic mass is 16.5. The van der Waals surface area contributed by atoms with Crippen LogP contribution in [-0.2, 0) is 6.61 Å². The molecule has 0 spiro atoms. The van der Waals surface area contributed by atoms with E-state index in [1.54, 1.807) is 19.5 Å². The zero-order valence-corrected chi connectivity index (χ0v) is 11.3. The molecule has 1 aromatic carbocycles. The van der Waals surface area contributed by atoms with Crippen molar-refractivity contribution in [3.63, 3.8) is 0 Å². The highest BCUT2D eigenvalue weighted by Gasteiger charge is 2.02. The van der Waals surface area contributed by atoms with Gasteiger partial charge in [0.1, 0.15) is 18.1 Å². The minimum Gasteiger partial charge on any atom is -0.487 e. The Kier molecular flexibility index (Phi) is 4.18. The van der Waals surface area contributed by atoms with Gasteiger partial charge in [-0.15, -0.1) is 0 Å². The second kappa shape index (κ2) is 6.04. The highest BCUT2D eigenvalue weighted by Crippen LogP contribution is 2.20. The van der Waals surface area contributed by atoms with E-state index in [-0.39, 0.29) is 0 Å². The third kappa shape index (κ3) is 3.58. The van der Waals surface area contributed by atoms with Gasteiger partial charge in [-0.1, -0.05) is 6.07 Å². The number of hydrogen-bond acceptors (Lipinski definition) is 5. The number of anilines is 1. The number of methoxy groups -OCH3 is 1. The summed E-state index contributed by atoms with van der Waals surface area (Å²) in [5, 5.41) is 0. The molecule has 2 rings (SSSR count). The second-order valence-corrected chi connectivity index (χ2v) is 4.23. The average Bonchev–Trinajstić information content (AvgIpc) is 2.45. The molecule has 0 saturated carbocycles. The van der Waals surface area contributed by atoms with E-state index < -0.39 is 0 Å². The Bertz CT molecular complexity index is 544. The van der Waals surface area contributed by atoms with Crippen molar-refractivity contribution in [2.24, 2.45) is 0 Å². The van der Waals surface area contributed by atoms with Gasteiger partial charge in [0.25, 0.3) is 0 Å². The summed E-state index contributed by atoms with van der Waals surface area (Å²) in [6, 6.07) is 7.88. The molecule has 0 N–H and O–H groups in total. The predicted molar refractivity (Wildman–Crippen MR) is 73.7 cm³/mol. The first-order valence-electron chi connectivity index (χ1n) is 5.94. The molecule has 5 heteroatoms. The summed E-state index contributed by atoms with van der Waals surface area (Å²) in [4.78, 5) is 10.3. The number of nitrogens with zero attached hydrogens (tertiary/aromatic N) is 3. The van der Waals surface area contributed by atoms with Gasteiger partial charge in [0.2, 0.25) is 5.88 Å².